The van der Waals surface area contributed by atoms with Gasteiger partial charge in [0.25, 0.3) is 0 Å². The Morgan fingerprint density at radius 2 is 1.50 bits per heavy atom. The summed E-state index contributed by atoms with van der Waals surface area (Å²) >= 11 is 0. The highest BCUT2D eigenvalue weighted by Gasteiger charge is 1.95. The minimum atomic E-state index is 0.703. The van der Waals surface area contributed by atoms with E-state index >= 15 is 0 Å². The largest absolute Gasteiger partial charge is 0.192 e. The lowest BCUT2D eigenvalue weighted by atomic mass is 10.1. The van der Waals surface area contributed by atoms with E-state index in [0.717, 1.165) is 11.1 Å². The van der Waals surface area contributed by atoms with Crippen molar-refractivity contribution < 1.29 is 0 Å². The molecule has 0 unspecified atom stereocenters. The van der Waals surface area contributed by atoms with Crippen molar-refractivity contribution in [3.63, 3.8) is 0 Å². The molecule has 1 heteroatoms. The zero-order chi connectivity index (χ0) is 11.2. The highest BCUT2D eigenvalue weighted by molar-refractivity contribution is 5.72. The van der Waals surface area contributed by atoms with Crippen LogP contribution in [0.2, 0.25) is 0 Å². The highest BCUT2D eigenvalue weighted by atomic mass is 14.2. The number of rotatable bonds is 2. The van der Waals surface area contributed by atoms with Gasteiger partial charge in [-0.25, -0.2) is 0 Å². The molecule has 2 rings (SSSR count). The Kier molecular flexibility index (Phi) is 3.15. The lowest BCUT2D eigenvalue weighted by molar-refractivity contribution is 1.47. The topological polar surface area (TPSA) is 23.8 Å². The van der Waals surface area contributed by atoms with Crippen molar-refractivity contribution in [2.75, 3.05) is 0 Å². The molecule has 0 fully saturated rings. The highest BCUT2D eigenvalue weighted by Crippen LogP contribution is 2.12. The molecule has 2 aromatic carbocycles. The van der Waals surface area contributed by atoms with Crippen LogP contribution in [0.1, 0.15) is 16.7 Å². The molecule has 0 aliphatic carbocycles. The number of nitriles is 1. The maximum absolute atomic E-state index is 8.93. The van der Waals surface area contributed by atoms with Gasteiger partial charge >= 0.3 is 0 Å². The van der Waals surface area contributed by atoms with E-state index in [-0.39, 0.29) is 0 Å². The van der Waals surface area contributed by atoms with Crippen molar-refractivity contribution in [3.05, 3.63) is 71.3 Å². The normalized spacial score (nSPS) is 10.2. The Morgan fingerprint density at radius 3 is 2.25 bits per heavy atom. The number of hydrogen-bond donors (Lipinski definition) is 0. The van der Waals surface area contributed by atoms with Crippen molar-refractivity contribution >= 4 is 12.2 Å². The van der Waals surface area contributed by atoms with Crippen molar-refractivity contribution in [1.29, 1.82) is 5.26 Å². The molecule has 0 radical (unpaired) electrons. The minimum Gasteiger partial charge on any atom is -0.192 e. The fourth-order valence-electron chi connectivity index (χ4n) is 1.49. The third-order valence-corrected chi connectivity index (χ3v) is 2.34. The first-order valence-electron chi connectivity index (χ1n) is 5.12. The SMILES string of the molecule is N#Cc1ccccc1C=Cc1ccccc1. The van der Waals surface area contributed by atoms with Gasteiger partial charge in [-0.05, 0) is 17.2 Å². The predicted octanol–water partition coefficient (Wildman–Crippen LogP) is 3.73. The zero-order valence-corrected chi connectivity index (χ0v) is 8.80. The van der Waals surface area contributed by atoms with Gasteiger partial charge in [-0.2, -0.15) is 5.26 Å². The fourth-order valence-corrected chi connectivity index (χ4v) is 1.49. The molecule has 0 spiro atoms. The van der Waals surface area contributed by atoms with Gasteiger partial charge in [0.2, 0.25) is 0 Å². The molecular formula is C15H11N. The summed E-state index contributed by atoms with van der Waals surface area (Å²) in [5, 5.41) is 8.93. The monoisotopic (exact) mass is 205 g/mol. The summed E-state index contributed by atoms with van der Waals surface area (Å²) < 4.78 is 0. The lowest BCUT2D eigenvalue weighted by Crippen LogP contribution is -1.79. The molecule has 0 aromatic heterocycles. The van der Waals surface area contributed by atoms with Gasteiger partial charge in [0, 0.05) is 0 Å². The van der Waals surface area contributed by atoms with Gasteiger partial charge in [-0.1, -0.05) is 60.7 Å². The molecule has 0 saturated carbocycles. The lowest BCUT2D eigenvalue weighted by Gasteiger charge is -1.96. The van der Waals surface area contributed by atoms with Crippen molar-refractivity contribution in [2.24, 2.45) is 0 Å². The molecule has 0 bridgehead atoms. The van der Waals surface area contributed by atoms with Gasteiger partial charge in [0.05, 0.1) is 11.6 Å². The first-order valence-corrected chi connectivity index (χ1v) is 5.12. The van der Waals surface area contributed by atoms with Crippen LogP contribution in [0.5, 0.6) is 0 Å². The van der Waals surface area contributed by atoms with Crippen LogP contribution in [0.15, 0.2) is 54.6 Å². The summed E-state index contributed by atoms with van der Waals surface area (Å²) in [6.07, 6.45) is 3.98. The average Bonchev–Trinajstić information content (AvgIpc) is 2.38. The first kappa shape index (κ1) is 10.2. The molecule has 0 heterocycles. The minimum absolute atomic E-state index is 0.703. The Morgan fingerprint density at radius 1 is 0.812 bits per heavy atom. The summed E-state index contributed by atoms with van der Waals surface area (Å²) in [5.74, 6) is 0. The Balaban J connectivity index is 2.28. The van der Waals surface area contributed by atoms with E-state index in [1.807, 2.05) is 66.7 Å². The van der Waals surface area contributed by atoms with Crippen LogP contribution in [0.4, 0.5) is 0 Å². The predicted molar refractivity (Wildman–Crippen MR) is 66.5 cm³/mol. The van der Waals surface area contributed by atoms with Crippen LogP contribution >= 0.6 is 0 Å². The summed E-state index contributed by atoms with van der Waals surface area (Å²) in [5.41, 5.74) is 2.79. The Labute approximate surface area is 95.3 Å². The standard InChI is InChI=1S/C15H11N/c16-12-15-9-5-4-8-14(15)11-10-13-6-2-1-3-7-13/h1-11H. The maximum atomic E-state index is 8.93. The second kappa shape index (κ2) is 4.95. The van der Waals surface area contributed by atoms with E-state index in [1.165, 1.54) is 0 Å². The molecule has 0 amide bonds. The molecule has 0 aliphatic heterocycles. The average molecular weight is 205 g/mol. The van der Waals surface area contributed by atoms with E-state index in [1.54, 1.807) is 0 Å². The van der Waals surface area contributed by atoms with Crippen LogP contribution in [0, 0.1) is 11.3 Å². The number of nitrogens with zero attached hydrogens (tertiary/aromatic N) is 1. The van der Waals surface area contributed by atoms with Gasteiger partial charge in [-0.3, -0.25) is 0 Å². The third kappa shape index (κ3) is 2.37. The van der Waals surface area contributed by atoms with Gasteiger partial charge in [-0.15, -0.1) is 0 Å². The van der Waals surface area contributed by atoms with Gasteiger partial charge in [0.15, 0.2) is 0 Å². The number of hydrogen-bond acceptors (Lipinski definition) is 1. The summed E-state index contributed by atoms with van der Waals surface area (Å²) in [6.45, 7) is 0. The smallest absolute Gasteiger partial charge is 0.0997 e. The molecule has 1 nitrogen and oxygen atoms in total. The molecule has 0 saturated heterocycles. The van der Waals surface area contributed by atoms with E-state index < -0.39 is 0 Å². The molecule has 0 aliphatic rings. The van der Waals surface area contributed by atoms with Crippen LogP contribution in [0.3, 0.4) is 0 Å². The molecular weight excluding hydrogens is 194 g/mol. The maximum Gasteiger partial charge on any atom is 0.0997 e. The van der Waals surface area contributed by atoms with Crippen molar-refractivity contribution in [2.45, 2.75) is 0 Å². The fraction of sp³-hybridized carbons (Fsp3) is 0. The van der Waals surface area contributed by atoms with Gasteiger partial charge < -0.3 is 0 Å². The van der Waals surface area contributed by atoms with Crippen LogP contribution in [-0.4, -0.2) is 0 Å². The summed E-state index contributed by atoms with van der Waals surface area (Å²) in [6, 6.07) is 19.8. The third-order valence-electron chi connectivity index (χ3n) is 2.34. The summed E-state index contributed by atoms with van der Waals surface area (Å²) in [7, 11) is 0. The van der Waals surface area contributed by atoms with Crippen molar-refractivity contribution in [3.8, 4) is 6.07 Å². The Hall–Kier alpha value is -2.33. The van der Waals surface area contributed by atoms with Crippen LogP contribution in [-0.2, 0) is 0 Å². The second-order valence-corrected chi connectivity index (χ2v) is 3.44. The second-order valence-electron chi connectivity index (χ2n) is 3.44. The Bertz CT molecular complexity index is 533. The van der Waals surface area contributed by atoms with Crippen LogP contribution in [0.25, 0.3) is 12.2 Å². The molecule has 76 valence electrons. The van der Waals surface area contributed by atoms with Crippen LogP contribution < -0.4 is 0 Å². The quantitative estimate of drug-likeness (QED) is 0.685. The van der Waals surface area contributed by atoms with Gasteiger partial charge in [0.1, 0.15) is 0 Å². The first-order chi connectivity index (χ1) is 7.90. The van der Waals surface area contributed by atoms with E-state index in [0.29, 0.717) is 5.56 Å². The molecule has 16 heavy (non-hydrogen) atoms. The molecule has 0 N–H and O–H groups in total. The summed E-state index contributed by atoms with van der Waals surface area (Å²) in [4.78, 5) is 0. The van der Waals surface area contributed by atoms with E-state index in [2.05, 4.69) is 6.07 Å². The zero-order valence-electron chi connectivity index (χ0n) is 8.80. The molecule has 0 atom stereocenters. The van der Waals surface area contributed by atoms with E-state index in [4.69, 9.17) is 5.26 Å². The number of benzene rings is 2. The van der Waals surface area contributed by atoms with E-state index in [9.17, 15) is 0 Å². The van der Waals surface area contributed by atoms with Crippen molar-refractivity contribution in [1.82, 2.24) is 0 Å². The molecule has 2 aromatic rings.